The van der Waals surface area contributed by atoms with Crippen LogP contribution in [0, 0.1) is 17.1 Å². The number of carbonyl (C=O) groups excluding carboxylic acids is 1. The van der Waals surface area contributed by atoms with Gasteiger partial charge in [0, 0.05) is 56.0 Å². The summed E-state index contributed by atoms with van der Waals surface area (Å²) in [6, 6.07) is 13.5. The molecule has 1 saturated heterocycles. The first-order valence-electron chi connectivity index (χ1n) is 12.3. The van der Waals surface area contributed by atoms with Gasteiger partial charge in [-0.1, -0.05) is 0 Å². The van der Waals surface area contributed by atoms with E-state index in [-0.39, 0.29) is 36.9 Å². The van der Waals surface area contributed by atoms with Gasteiger partial charge in [0.15, 0.2) is 11.6 Å². The molecule has 0 spiro atoms. The van der Waals surface area contributed by atoms with Crippen molar-refractivity contribution in [1.82, 2.24) is 14.9 Å². The Balaban J connectivity index is 1.45. The number of amides is 1. The van der Waals surface area contributed by atoms with Gasteiger partial charge < -0.3 is 30.5 Å². The van der Waals surface area contributed by atoms with Crippen molar-refractivity contribution in [2.24, 2.45) is 5.73 Å². The lowest BCUT2D eigenvalue weighted by Gasteiger charge is -2.33. The fraction of sp³-hybridized carbons (Fsp3) is 0.333. The first-order chi connectivity index (χ1) is 18.4. The second kappa shape index (κ2) is 12.3. The number of halogens is 1. The number of nitrogens with zero attached hydrogens (tertiary/aromatic N) is 4. The van der Waals surface area contributed by atoms with Crippen LogP contribution in [-0.4, -0.2) is 64.3 Å². The topological polar surface area (TPSA) is 147 Å². The molecule has 4 rings (SSSR count). The molecular weight excluding hydrogens is 491 g/mol. The predicted octanol–water partition coefficient (Wildman–Crippen LogP) is 2.99. The maximum absolute atomic E-state index is 14.0. The smallest absolute Gasteiger partial charge is 0.251 e. The zero-order chi connectivity index (χ0) is 27.1. The van der Waals surface area contributed by atoms with E-state index in [1.54, 1.807) is 35.4 Å². The minimum absolute atomic E-state index is 0.0751. The third kappa shape index (κ3) is 6.53. The van der Waals surface area contributed by atoms with Crippen molar-refractivity contribution in [3.05, 3.63) is 60.0 Å². The molecule has 0 aliphatic carbocycles. The maximum Gasteiger partial charge on any atom is 0.251 e. The monoisotopic (exact) mass is 520 g/mol. The number of carbonyl (C=O) groups is 1. The molecule has 1 amide bonds. The average Bonchev–Trinajstić information content (AvgIpc) is 2.93. The summed E-state index contributed by atoms with van der Waals surface area (Å²) >= 11 is 0. The molecule has 38 heavy (non-hydrogen) atoms. The van der Waals surface area contributed by atoms with Gasteiger partial charge >= 0.3 is 0 Å². The highest BCUT2D eigenvalue weighted by atomic mass is 19.1. The Morgan fingerprint density at radius 1 is 1.26 bits per heavy atom. The normalized spacial score (nSPS) is 14.4. The number of rotatable bonds is 9. The summed E-state index contributed by atoms with van der Waals surface area (Å²) in [6.45, 7) is 2.89. The van der Waals surface area contributed by atoms with Gasteiger partial charge in [-0.2, -0.15) is 5.26 Å². The number of nitrogens with two attached hydrogens (primary N) is 1. The van der Waals surface area contributed by atoms with Gasteiger partial charge in [0.25, 0.3) is 5.91 Å². The molecule has 1 unspecified atom stereocenters. The van der Waals surface area contributed by atoms with Crippen molar-refractivity contribution in [2.75, 3.05) is 31.6 Å². The minimum atomic E-state index is -1.02. The fourth-order valence-electron chi connectivity index (χ4n) is 4.09. The van der Waals surface area contributed by atoms with Crippen molar-refractivity contribution in [3.63, 3.8) is 0 Å². The highest BCUT2D eigenvalue weighted by Crippen LogP contribution is 2.29. The number of likely N-dealkylation sites (tertiary alicyclic amines) is 1. The van der Waals surface area contributed by atoms with Crippen molar-refractivity contribution < 1.29 is 23.8 Å². The van der Waals surface area contributed by atoms with E-state index in [0.717, 1.165) is 0 Å². The number of aromatic nitrogens is 2. The predicted molar refractivity (Wildman–Crippen MR) is 138 cm³/mol. The number of hydrogen-bond donors (Lipinski definition) is 3. The molecule has 3 aromatic rings. The zero-order valence-electron chi connectivity index (χ0n) is 20.9. The summed E-state index contributed by atoms with van der Waals surface area (Å²) in [7, 11) is 0. The molecule has 4 N–H and O–H groups in total. The third-order valence-corrected chi connectivity index (χ3v) is 6.02. The zero-order valence-corrected chi connectivity index (χ0v) is 20.9. The number of ether oxygens (including phenoxy) is 2. The van der Waals surface area contributed by atoms with Crippen LogP contribution >= 0.6 is 0 Å². The van der Waals surface area contributed by atoms with Crippen LogP contribution in [0.5, 0.6) is 11.5 Å². The van der Waals surface area contributed by atoms with E-state index < -0.39 is 11.9 Å². The fourth-order valence-corrected chi connectivity index (χ4v) is 4.09. The van der Waals surface area contributed by atoms with Crippen molar-refractivity contribution >= 4 is 17.5 Å². The Hall–Kier alpha value is -4.27. The SMILES string of the molecule is CC(O)C(=O)N1CCC(Oc2ccc(-c3ccnc(Nc4ccc(F)c(OCCN)c4)n3)cc2C#N)CC1. The summed E-state index contributed by atoms with van der Waals surface area (Å²) in [5.74, 6) is 0.0374. The quantitative estimate of drug-likeness (QED) is 0.387. The lowest BCUT2D eigenvalue weighted by atomic mass is 10.1. The Morgan fingerprint density at radius 3 is 2.76 bits per heavy atom. The lowest BCUT2D eigenvalue weighted by molar-refractivity contribution is -0.141. The summed E-state index contributed by atoms with van der Waals surface area (Å²) in [5.41, 5.74) is 7.61. The molecule has 1 atom stereocenters. The third-order valence-electron chi connectivity index (χ3n) is 6.02. The van der Waals surface area contributed by atoms with Crippen LogP contribution < -0.4 is 20.5 Å². The van der Waals surface area contributed by atoms with E-state index in [0.29, 0.717) is 54.2 Å². The van der Waals surface area contributed by atoms with Crippen LogP contribution in [0.15, 0.2) is 48.7 Å². The molecule has 1 aromatic heterocycles. The highest BCUT2D eigenvalue weighted by Gasteiger charge is 2.26. The van der Waals surface area contributed by atoms with Gasteiger partial charge in [-0.3, -0.25) is 4.79 Å². The molecular formula is C27H29FN6O4. The Labute approximate surface area is 219 Å². The van der Waals surface area contributed by atoms with Crippen molar-refractivity contribution in [1.29, 1.82) is 5.26 Å². The number of nitrogens with one attached hydrogen (secondary N) is 1. The number of benzene rings is 2. The molecule has 0 saturated carbocycles. The standard InChI is InChI=1S/C27H29FN6O4/c1-17(35)26(36)34-11-7-21(8-12-34)38-24-5-2-18(14-19(24)16-30)23-6-10-31-27(33-23)32-20-3-4-22(28)25(15-20)37-13-9-29/h2-6,10,14-15,17,21,35H,7-9,11-13,29H2,1H3,(H,31,32,33). The van der Waals surface area contributed by atoms with Gasteiger partial charge in [-0.05, 0) is 43.3 Å². The molecule has 0 radical (unpaired) electrons. The summed E-state index contributed by atoms with van der Waals surface area (Å²) in [6.07, 6.45) is 1.63. The molecule has 0 bridgehead atoms. The molecule has 1 fully saturated rings. The molecule has 198 valence electrons. The first kappa shape index (κ1) is 26.8. The minimum Gasteiger partial charge on any atom is -0.489 e. The Morgan fingerprint density at radius 2 is 2.05 bits per heavy atom. The number of hydrogen-bond acceptors (Lipinski definition) is 9. The van der Waals surface area contributed by atoms with Crippen LogP contribution in [-0.2, 0) is 4.79 Å². The molecule has 2 heterocycles. The molecule has 11 heteroatoms. The van der Waals surface area contributed by atoms with Crippen LogP contribution in [0.4, 0.5) is 16.0 Å². The second-order valence-electron chi connectivity index (χ2n) is 8.81. The van der Waals surface area contributed by atoms with Crippen LogP contribution in [0.25, 0.3) is 11.3 Å². The highest BCUT2D eigenvalue weighted by molar-refractivity contribution is 5.80. The van der Waals surface area contributed by atoms with Crippen molar-refractivity contribution in [3.8, 4) is 28.8 Å². The average molecular weight is 521 g/mol. The summed E-state index contributed by atoms with van der Waals surface area (Å²) in [4.78, 5) is 22.4. The van der Waals surface area contributed by atoms with E-state index >= 15 is 0 Å². The van der Waals surface area contributed by atoms with E-state index in [1.807, 2.05) is 6.07 Å². The van der Waals surface area contributed by atoms with E-state index in [1.165, 1.54) is 19.1 Å². The van der Waals surface area contributed by atoms with Gasteiger partial charge in [0.1, 0.15) is 30.6 Å². The van der Waals surface area contributed by atoms with Gasteiger partial charge in [-0.25, -0.2) is 14.4 Å². The van der Waals surface area contributed by atoms with Crippen LogP contribution in [0.1, 0.15) is 25.3 Å². The molecule has 2 aromatic carbocycles. The first-order valence-corrected chi connectivity index (χ1v) is 12.3. The molecule has 1 aliphatic rings. The van der Waals surface area contributed by atoms with Gasteiger partial charge in [-0.15, -0.1) is 0 Å². The number of aliphatic hydroxyl groups is 1. The van der Waals surface area contributed by atoms with E-state index in [4.69, 9.17) is 15.2 Å². The van der Waals surface area contributed by atoms with Crippen LogP contribution in [0.3, 0.4) is 0 Å². The van der Waals surface area contributed by atoms with E-state index in [9.17, 15) is 19.6 Å². The number of anilines is 2. The number of piperidine rings is 1. The van der Waals surface area contributed by atoms with Gasteiger partial charge in [0.05, 0.1) is 11.3 Å². The largest absolute Gasteiger partial charge is 0.489 e. The van der Waals surface area contributed by atoms with Crippen molar-refractivity contribution in [2.45, 2.75) is 32.0 Å². The maximum atomic E-state index is 14.0. The summed E-state index contributed by atoms with van der Waals surface area (Å²) < 4.78 is 25.4. The second-order valence-corrected chi connectivity index (χ2v) is 8.81. The Bertz CT molecular complexity index is 1320. The number of aliphatic hydroxyl groups excluding tert-OH is 1. The number of nitriles is 1. The van der Waals surface area contributed by atoms with Crippen LogP contribution in [0.2, 0.25) is 0 Å². The molecule has 10 nitrogen and oxygen atoms in total. The molecule has 1 aliphatic heterocycles. The van der Waals surface area contributed by atoms with Gasteiger partial charge in [0.2, 0.25) is 5.95 Å². The summed E-state index contributed by atoms with van der Waals surface area (Å²) in [5, 5.41) is 22.3. The van der Waals surface area contributed by atoms with E-state index in [2.05, 4.69) is 21.4 Å². The Kier molecular flexibility index (Phi) is 8.68. The lowest BCUT2D eigenvalue weighted by Crippen LogP contribution is -2.45.